The lowest BCUT2D eigenvalue weighted by molar-refractivity contribution is -0.276. The summed E-state index contributed by atoms with van der Waals surface area (Å²) < 4.78 is 61.0. The Bertz CT molecular complexity index is 594. The van der Waals surface area contributed by atoms with Gasteiger partial charge >= 0.3 is 6.36 Å². The molecule has 0 fully saturated rings. The number of hydrogen-bond donors (Lipinski definition) is 2. The first-order valence-corrected chi connectivity index (χ1v) is 5.64. The number of halogens is 4. The Balaban J connectivity index is 3.54. The van der Waals surface area contributed by atoms with E-state index >= 15 is 0 Å². The van der Waals surface area contributed by atoms with Crippen molar-refractivity contribution < 1.29 is 26.3 Å². The number of hydrogen-bond acceptors (Lipinski definition) is 4. The van der Waals surface area contributed by atoms with E-state index in [-0.39, 0.29) is 0 Å². The number of aromatic amines is 1. The molecule has 1 heterocycles. The van der Waals surface area contributed by atoms with Crippen molar-refractivity contribution in [3.05, 3.63) is 21.4 Å². The zero-order chi connectivity index (χ0) is 13.4. The van der Waals surface area contributed by atoms with Crippen molar-refractivity contribution >= 4 is 21.6 Å². The summed E-state index contributed by atoms with van der Waals surface area (Å²) in [4.78, 5) is 13.1. The van der Waals surface area contributed by atoms with E-state index in [0.717, 1.165) is 0 Å². The standard InChI is InChI=1S/C6H4ClF3N2O4S/c7-2-1-12-5(17(11,14)15)4(3(2)13)16-6(8,9)10/h1H,(H,12,13)(H2,11,14,15). The Hall–Kier alpha value is -1.26. The van der Waals surface area contributed by atoms with E-state index in [0.29, 0.717) is 6.20 Å². The minimum Gasteiger partial charge on any atom is -0.398 e. The number of H-pyrrole nitrogens is 1. The summed E-state index contributed by atoms with van der Waals surface area (Å²) in [5.41, 5.74) is -1.44. The van der Waals surface area contributed by atoms with Crippen molar-refractivity contribution in [1.82, 2.24) is 4.98 Å². The highest BCUT2D eigenvalue weighted by Crippen LogP contribution is 2.25. The lowest BCUT2D eigenvalue weighted by atomic mass is 10.4. The maximum atomic E-state index is 12.0. The quantitative estimate of drug-likeness (QED) is 0.832. The van der Waals surface area contributed by atoms with Crippen LogP contribution >= 0.6 is 11.6 Å². The molecule has 0 amide bonds. The van der Waals surface area contributed by atoms with Gasteiger partial charge in [-0.2, -0.15) is 0 Å². The zero-order valence-electron chi connectivity index (χ0n) is 7.71. The predicted molar refractivity (Wildman–Crippen MR) is 50.1 cm³/mol. The molecule has 0 aliphatic heterocycles. The molecule has 6 nitrogen and oxygen atoms in total. The number of nitrogens with two attached hydrogens (primary N) is 1. The first kappa shape index (κ1) is 13.8. The van der Waals surface area contributed by atoms with Gasteiger partial charge < -0.3 is 9.72 Å². The minimum atomic E-state index is -5.25. The number of alkyl halides is 3. The Morgan fingerprint density at radius 3 is 2.35 bits per heavy atom. The van der Waals surface area contributed by atoms with Gasteiger partial charge in [-0.3, -0.25) is 4.79 Å². The molecule has 1 aromatic heterocycles. The molecule has 0 aliphatic rings. The molecule has 1 rings (SSSR count). The summed E-state index contributed by atoms with van der Waals surface area (Å²) in [7, 11) is -4.58. The molecular weight excluding hydrogens is 289 g/mol. The van der Waals surface area contributed by atoms with Crippen molar-refractivity contribution in [2.45, 2.75) is 11.4 Å². The smallest absolute Gasteiger partial charge is 0.398 e. The number of sulfonamides is 1. The molecule has 17 heavy (non-hydrogen) atoms. The Labute approximate surface area is 97.2 Å². The van der Waals surface area contributed by atoms with Crippen LogP contribution in [0.1, 0.15) is 0 Å². The normalized spacial score (nSPS) is 12.5. The summed E-state index contributed by atoms with van der Waals surface area (Å²) in [5.74, 6) is -1.52. The fourth-order valence-electron chi connectivity index (χ4n) is 0.891. The van der Waals surface area contributed by atoms with Crippen molar-refractivity contribution in [2.24, 2.45) is 5.14 Å². The maximum Gasteiger partial charge on any atom is 0.573 e. The van der Waals surface area contributed by atoms with Gasteiger partial charge in [0.1, 0.15) is 5.02 Å². The molecule has 0 atom stereocenters. The molecule has 0 aliphatic carbocycles. The Kier molecular flexibility index (Phi) is 3.41. The molecule has 96 valence electrons. The zero-order valence-corrected chi connectivity index (χ0v) is 9.28. The van der Waals surface area contributed by atoms with Crippen LogP contribution in [0, 0.1) is 0 Å². The van der Waals surface area contributed by atoms with Crippen molar-refractivity contribution in [2.75, 3.05) is 0 Å². The third kappa shape index (κ3) is 3.35. The van der Waals surface area contributed by atoms with Crippen LogP contribution < -0.4 is 15.3 Å². The van der Waals surface area contributed by atoms with Crippen LogP contribution in [0.5, 0.6) is 5.75 Å². The first-order valence-electron chi connectivity index (χ1n) is 3.72. The molecule has 1 aromatic rings. The highest BCUT2D eigenvalue weighted by atomic mass is 35.5. The van der Waals surface area contributed by atoms with Crippen LogP contribution in [0.3, 0.4) is 0 Å². The van der Waals surface area contributed by atoms with Gasteiger partial charge in [-0.25, -0.2) is 13.6 Å². The average molecular weight is 293 g/mol. The van der Waals surface area contributed by atoms with Crippen LogP contribution in [-0.2, 0) is 10.0 Å². The second kappa shape index (κ2) is 4.20. The van der Waals surface area contributed by atoms with Crippen LogP contribution in [0.25, 0.3) is 0 Å². The van der Waals surface area contributed by atoms with Gasteiger partial charge in [-0.1, -0.05) is 11.6 Å². The van der Waals surface area contributed by atoms with Crippen LogP contribution in [0.4, 0.5) is 13.2 Å². The molecule has 0 aromatic carbocycles. The van der Waals surface area contributed by atoms with Gasteiger partial charge in [0.25, 0.3) is 10.0 Å². The Morgan fingerprint density at radius 1 is 1.41 bits per heavy atom. The number of rotatable bonds is 2. The fraction of sp³-hybridized carbons (Fsp3) is 0.167. The van der Waals surface area contributed by atoms with Gasteiger partial charge in [-0.05, 0) is 0 Å². The monoisotopic (exact) mass is 292 g/mol. The molecule has 11 heteroatoms. The first-order chi connectivity index (χ1) is 7.52. The molecule has 0 saturated carbocycles. The molecular formula is C6H4ClF3N2O4S. The largest absolute Gasteiger partial charge is 0.573 e. The lowest BCUT2D eigenvalue weighted by Crippen LogP contribution is -2.26. The van der Waals surface area contributed by atoms with Crippen LogP contribution in [0.15, 0.2) is 16.0 Å². The molecule has 0 unspecified atom stereocenters. The number of aromatic nitrogens is 1. The summed E-state index contributed by atoms with van der Waals surface area (Å²) in [6.07, 6.45) is -4.57. The Morgan fingerprint density at radius 2 is 1.94 bits per heavy atom. The molecule has 0 spiro atoms. The topological polar surface area (TPSA) is 102 Å². The van der Waals surface area contributed by atoms with Gasteiger partial charge in [0.2, 0.25) is 11.2 Å². The van der Waals surface area contributed by atoms with Gasteiger partial charge in [0, 0.05) is 6.20 Å². The van der Waals surface area contributed by atoms with Gasteiger partial charge in [0.15, 0.2) is 5.03 Å². The third-order valence-electron chi connectivity index (χ3n) is 1.46. The molecule has 3 N–H and O–H groups in total. The van der Waals surface area contributed by atoms with E-state index < -0.39 is 37.6 Å². The number of nitrogens with one attached hydrogen (secondary N) is 1. The van der Waals surface area contributed by atoms with E-state index in [9.17, 15) is 26.4 Å². The van der Waals surface area contributed by atoms with E-state index in [1.54, 1.807) is 0 Å². The second-order valence-electron chi connectivity index (χ2n) is 2.72. The van der Waals surface area contributed by atoms with Crippen LogP contribution in [0.2, 0.25) is 5.02 Å². The fourth-order valence-corrected chi connectivity index (χ4v) is 1.65. The van der Waals surface area contributed by atoms with E-state index in [1.807, 2.05) is 4.98 Å². The molecule has 0 radical (unpaired) electrons. The van der Waals surface area contributed by atoms with E-state index in [2.05, 4.69) is 9.88 Å². The number of ether oxygens (including phenoxy) is 1. The number of primary sulfonamides is 1. The van der Waals surface area contributed by atoms with Crippen molar-refractivity contribution in [3.8, 4) is 5.75 Å². The third-order valence-corrected chi connectivity index (χ3v) is 2.61. The van der Waals surface area contributed by atoms with Crippen molar-refractivity contribution in [3.63, 3.8) is 0 Å². The second-order valence-corrected chi connectivity index (χ2v) is 4.62. The van der Waals surface area contributed by atoms with E-state index in [1.165, 1.54) is 0 Å². The predicted octanol–water partition coefficient (Wildman–Crippen LogP) is 0.574. The highest BCUT2D eigenvalue weighted by molar-refractivity contribution is 7.89. The van der Waals surface area contributed by atoms with E-state index in [4.69, 9.17) is 11.6 Å². The van der Waals surface area contributed by atoms with Gasteiger partial charge in [-0.15, -0.1) is 13.2 Å². The highest BCUT2D eigenvalue weighted by Gasteiger charge is 2.35. The van der Waals surface area contributed by atoms with Gasteiger partial charge in [0.05, 0.1) is 0 Å². The molecule has 0 saturated heterocycles. The van der Waals surface area contributed by atoms with Crippen LogP contribution in [-0.4, -0.2) is 19.8 Å². The summed E-state index contributed by atoms with van der Waals surface area (Å²) >= 11 is 5.24. The summed E-state index contributed by atoms with van der Waals surface area (Å²) in [6.45, 7) is 0. The maximum absolute atomic E-state index is 12.0. The summed E-state index contributed by atoms with van der Waals surface area (Å²) in [6, 6.07) is 0. The SMILES string of the molecule is NS(=O)(=O)c1[nH]cc(Cl)c(=O)c1OC(F)(F)F. The average Bonchev–Trinajstić information content (AvgIpc) is 2.08. The molecule has 0 bridgehead atoms. The minimum absolute atomic E-state index is 0.670. The number of pyridine rings is 1. The summed E-state index contributed by atoms with van der Waals surface area (Å²) in [5, 5.41) is 2.73. The van der Waals surface area contributed by atoms with Crippen molar-refractivity contribution in [1.29, 1.82) is 0 Å². The lowest BCUT2D eigenvalue weighted by Gasteiger charge is -2.11.